The molecule has 2 aliphatic rings. The minimum Gasteiger partial charge on any atom is -0.294 e. The zero-order valence-corrected chi connectivity index (χ0v) is 17.4. The van der Waals surface area contributed by atoms with Crippen LogP contribution in [-0.2, 0) is 19.5 Å². The molecule has 0 spiro atoms. The van der Waals surface area contributed by atoms with Gasteiger partial charge >= 0.3 is 0 Å². The molecule has 0 fully saturated rings. The van der Waals surface area contributed by atoms with Crippen LogP contribution in [0.1, 0.15) is 47.5 Å². The third-order valence-electron chi connectivity index (χ3n) is 5.79. The summed E-state index contributed by atoms with van der Waals surface area (Å²) >= 11 is 6.51. The summed E-state index contributed by atoms with van der Waals surface area (Å²) in [6.45, 7) is 5.55. The van der Waals surface area contributed by atoms with E-state index in [1.165, 1.54) is 24.0 Å². The van der Waals surface area contributed by atoms with Crippen LogP contribution >= 0.6 is 11.6 Å². The van der Waals surface area contributed by atoms with Crippen molar-refractivity contribution >= 4 is 28.2 Å². The number of aliphatic imine (C=N–C) groups is 1. The second kappa shape index (κ2) is 7.81. The Balaban J connectivity index is 1.35. The lowest BCUT2D eigenvalue weighted by molar-refractivity contribution is 0.242. The van der Waals surface area contributed by atoms with Gasteiger partial charge in [0.05, 0.1) is 16.9 Å². The SMILES string of the molecule is Cc1ccc2cc(CN3CCc4nc(C5=NCCCC5)ncc4C3)c(Cl)nc2c1. The van der Waals surface area contributed by atoms with Crippen molar-refractivity contribution in [2.45, 2.75) is 45.7 Å². The Morgan fingerprint density at radius 2 is 2.03 bits per heavy atom. The van der Waals surface area contributed by atoms with Crippen LogP contribution in [0.3, 0.4) is 0 Å². The van der Waals surface area contributed by atoms with Crippen molar-refractivity contribution in [3.63, 3.8) is 0 Å². The van der Waals surface area contributed by atoms with Crippen LogP contribution in [-0.4, -0.2) is 38.7 Å². The van der Waals surface area contributed by atoms with Crippen LogP contribution in [0.5, 0.6) is 0 Å². The van der Waals surface area contributed by atoms with Crippen LogP contribution in [0.2, 0.25) is 5.15 Å². The molecular weight excluding hydrogens is 382 g/mol. The Kier molecular flexibility index (Phi) is 5.02. The van der Waals surface area contributed by atoms with Crippen molar-refractivity contribution in [2.24, 2.45) is 4.99 Å². The maximum Gasteiger partial charge on any atom is 0.173 e. The molecule has 29 heavy (non-hydrogen) atoms. The van der Waals surface area contributed by atoms with Crippen LogP contribution in [0.4, 0.5) is 0 Å². The zero-order valence-electron chi connectivity index (χ0n) is 16.7. The molecule has 0 radical (unpaired) electrons. The molecule has 0 aliphatic carbocycles. The lowest BCUT2D eigenvalue weighted by atomic mass is 10.0. The summed E-state index contributed by atoms with van der Waals surface area (Å²) in [6, 6.07) is 8.48. The Labute approximate surface area is 175 Å². The summed E-state index contributed by atoms with van der Waals surface area (Å²) in [5.41, 5.74) is 6.66. The summed E-state index contributed by atoms with van der Waals surface area (Å²) in [4.78, 5) is 21.1. The number of aromatic nitrogens is 3. The molecule has 0 unspecified atom stereocenters. The van der Waals surface area contributed by atoms with Gasteiger partial charge in [-0.25, -0.2) is 15.0 Å². The normalized spacial score (nSPS) is 17.2. The third kappa shape index (κ3) is 3.89. The Morgan fingerprint density at radius 1 is 1.10 bits per heavy atom. The second-order valence-electron chi connectivity index (χ2n) is 8.05. The number of nitrogens with zero attached hydrogens (tertiary/aromatic N) is 5. The van der Waals surface area contributed by atoms with E-state index in [9.17, 15) is 0 Å². The largest absolute Gasteiger partial charge is 0.294 e. The van der Waals surface area contributed by atoms with Crippen LogP contribution in [0.15, 0.2) is 35.5 Å². The fourth-order valence-electron chi connectivity index (χ4n) is 4.18. The van der Waals surface area contributed by atoms with Crippen LogP contribution in [0.25, 0.3) is 10.9 Å². The van der Waals surface area contributed by atoms with Crippen molar-refractivity contribution in [1.29, 1.82) is 0 Å². The summed E-state index contributed by atoms with van der Waals surface area (Å²) < 4.78 is 0. The second-order valence-corrected chi connectivity index (χ2v) is 8.40. The predicted octanol–water partition coefficient (Wildman–Crippen LogP) is 4.52. The summed E-state index contributed by atoms with van der Waals surface area (Å²) in [6.07, 6.45) is 6.28. The topological polar surface area (TPSA) is 54.3 Å². The Hall–Kier alpha value is -2.37. The molecular formula is C23H24ClN5. The molecule has 2 aromatic heterocycles. The van der Waals surface area contributed by atoms with Gasteiger partial charge in [-0.3, -0.25) is 9.89 Å². The summed E-state index contributed by atoms with van der Waals surface area (Å²) in [5, 5.41) is 1.73. The van der Waals surface area contributed by atoms with E-state index in [1.54, 1.807) is 0 Å². The third-order valence-corrected chi connectivity index (χ3v) is 6.12. The molecule has 6 heteroatoms. The zero-order chi connectivity index (χ0) is 19.8. The highest BCUT2D eigenvalue weighted by molar-refractivity contribution is 6.30. The van der Waals surface area contributed by atoms with Crippen molar-refractivity contribution in [2.75, 3.05) is 13.1 Å². The number of pyridine rings is 1. The minimum absolute atomic E-state index is 0.593. The van der Waals surface area contributed by atoms with E-state index < -0.39 is 0 Å². The molecule has 0 bridgehead atoms. The fourth-order valence-corrected chi connectivity index (χ4v) is 4.38. The van der Waals surface area contributed by atoms with Crippen molar-refractivity contribution in [3.05, 3.63) is 63.8 Å². The van der Waals surface area contributed by atoms with E-state index in [2.05, 4.69) is 51.0 Å². The van der Waals surface area contributed by atoms with Crippen LogP contribution in [0, 0.1) is 6.92 Å². The Morgan fingerprint density at radius 3 is 2.90 bits per heavy atom. The van der Waals surface area contributed by atoms with E-state index in [0.717, 1.165) is 72.7 Å². The van der Waals surface area contributed by atoms with E-state index >= 15 is 0 Å². The van der Waals surface area contributed by atoms with Gasteiger partial charge in [-0.1, -0.05) is 23.7 Å². The van der Waals surface area contributed by atoms with E-state index in [0.29, 0.717) is 5.15 Å². The number of fused-ring (bicyclic) bond motifs is 2. The molecule has 0 amide bonds. The highest BCUT2D eigenvalue weighted by atomic mass is 35.5. The van der Waals surface area contributed by atoms with Gasteiger partial charge in [0.25, 0.3) is 0 Å². The monoisotopic (exact) mass is 405 g/mol. The first-order chi connectivity index (χ1) is 14.2. The molecule has 5 nitrogen and oxygen atoms in total. The first kappa shape index (κ1) is 18.6. The van der Waals surface area contributed by atoms with E-state index in [-0.39, 0.29) is 0 Å². The van der Waals surface area contributed by atoms with Gasteiger partial charge in [0.15, 0.2) is 5.82 Å². The Bertz CT molecular complexity index is 1110. The van der Waals surface area contributed by atoms with Gasteiger partial charge in [-0.05, 0) is 43.9 Å². The fraction of sp³-hybridized carbons (Fsp3) is 0.391. The van der Waals surface area contributed by atoms with Crippen molar-refractivity contribution in [3.8, 4) is 0 Å². The van der Waals surface area contributed by atoms with Gasteiger partial charge in [0, 0.05) is 55.3 Å². The predicted molar refractivity (Wildman–Crippen MR) is 117 cm³/mol. The maximum atomic E-state index is 6.51. The minimum atomic E-state index is 0.593. The molecule has 5 rings (SSSR count). The average Bonchev–Trinajstić information content (AvgIpc) is 2.75. The van der Waals surface area contributed by atoms with Gasteiger partial charge < -0.3 is 0 Å². The number of hydrogen-bond acceptors (Lipinski definition) is 5. The molecule has 0 N–H and O–H groups in total. The van der Waals surface area contributed by atoms with Gasteiger partial charge in [0.1, 0.15) is 5.15 Å². The standard InChI is InChI=1S/C23H24ClN5/c1-15-5-6-16-11-17(22(24)27-21(16)10-15)13-29-9-7-19-18(14-29)12-26-23(28-19)20-4-2-3-8-25-20/h5-6,10-12H,2-4,7-9,13-14H2,1H3. The quantitative estimate of drug-likeness (QED) is 0.601. The number of halogens is 1. The van der Waals surface area contributed by atoms with Gasteiger partial charge in [-0.2, -0.15) is 0 Å². The first-order valence-corrected chi connectivity index (χ1v) is 10.7. The van der Waals surface area contributed by atoms with E-state index in [4.69, 9.17) is 16.6 Å². The van der Waals surface area contributed by atoms with Crippen LogP contribution < -0.4 is 0 Å². The highest BCUT2D eigenvalue weighted by Gasteiger charge is 2.21. The van der Waals surface area contributed by atoms with E-state index in [1.807, 2.05) is 6.20 Å². The number of aryl methyl sites for hydroxylation is 1. The number of hydrogen-bond donors (Lipinski definition) is 0. The van der Waals surface area contributed by atoms with Gasteiger partial charge in [0.2, 0.25) is 0 Å². The lowest BCUT2D eigenvalue weighted by Gasteiger charge is -2.28. The molecule has 0 saturated heterocycles. The average molecular weight is 406 g/mol. The molecule has 4 heterocycles. The number of benzene rings is 1. The lowest BCUT2D eigenvalue weighted by Crippen LogP contribution is -2.31. The smallest absolute Gasteiger partial charge is 0.173 e. The molecule has 0 atom stereocenters. The molecule has 2 aliphatic heterocycles. The van der Waals surface area contributed by atoms with Crippen molar-refractivity contribution in [1.82, 2.24) is 19.9 Å². The molecule has 148 valence electrons. The first-order valence-electron chi connectivity index (χ1n) is 10.3. The summed E-state index contributed by atoms with van der Waals surface area (Å²) in [5.74, 6) is 0.828. The molecule has 0 saturated carbocycles. The molecule has 1 aromatic carbocycles. The summed E-state index contributed by atoms with van der Waals surface area (Å²) in [7, 11) is 0. The van der Waals surface area contributed by atoms with Gasteiger partial charge in [-0.15, -0.1) is 0 Å². The van der Waals surface area contributed by atoms with Crippen molar-refractivity contribution < 1.29 is 0 Å². The molecule has 3 aromatic rings. The maximum absolute atomic E-state index is 6.51. The highest BCUT2D eigenvalue weighted by Crippen LogP contribution is 2.25. The number of rotatable bonds is 3.